The summed E-state index contributed by atoms with van der Waals surface area (Å²) in [6.45, 7) is 0.253. The number of carbonyl (C=O) groups is 1. The smallest absolute Gasteiger partial charge is 0.229 e. The van der Waals surface area contributed by atoms with Crippen molar-refractivity contribution in [3.63, 3.8) is 0 Å². The van der Waals surface area contributed by atoms with E-state index in [1.54, 1.807) is 0 Å². The third kappa shape index (κ3) is 3.08. The Hall–Kier alpha value is -1.86. The number of nitrogens with two attached hydrogens (primary N) is 1. The molecule has 78 valence electrons. The molecule has 0 heterocycles. The second kappa shape index (κ2) is 5.78. The predicted octanol–water partition coefficient (Wildman–Crippen LogP) is 0.369. The first-order valence-electron chi connectivity index (χ1n) is 4.69. The molecule has 3 N–H and O–H groups in total. The minimum Gasteiger partial charge on any atom is -0.342 e. The summed E-state index contributed by atoms with van der Waals surface area (Å²) in [6.07, 6.45) is 0. The minimum atomic E-state index is -0.375. The standard InChI is InChI=1S/C11H13N3O/c12-6-7-14-11(15)10(8-13)9-4-2-1-3-5-9/h1-5,10H,7-8,13H2,(H,14,15). The van der Waals surface area contributed by atoms with Gasteiger partial charge in [0.1, 0.15) is 6.54 Å². The number of hydrogen-bond donors (Lipinski definition) is 2. The fourth-order valence-electron chi connectivity index (χ4n) is 1.33. The molecule has 0 bridgehead atoms. The molecule has 15 heavy (non-hydrogen) atoms. The molecular weight excluding hydrogens is 190 g/mol. The summed E-state index contributed by atoms with van der Waals surface area (Å²) in [5.41, 5.74) is 6.40. The molecule has 4 heteroatoms. The zero-order chi connectivity index (χ0) is 11.1. The summed E-state index contributed by atoms with van der Waals surface area (Å²) in [5.74, 6) is -0.579. The minimum absolute atomic E-state index is 0.0160. The summed E-state index contributed by atoms with van der Waals surface area (Å²) < 4.78 is 0. The number of amides is 1. The molecule has 0 fully saturated rings. The normalized spacial score (nSPS) is 11.5. The van der Waals surface area contributed by atoms with Gasteiger partial charge in [-0.1, -0.05) is 30.3 Å². The van der Waals surface area contributed by atoms with Crippen LogP contribution in [0.15, 0.2) is 30.3 Å². The molecule has 1 aromatic rings. The van der Waals surface area contributed by atoms with Crippen molar-refractivity contribution in [2.45, 2.75) is 5.92 Å². The summed E-state index contributed by atoms with van der Waals surface area (Å²) in [4.78, 5) is 11.6. The molecule has 1 aromatic carbocycles. The molecule has 0 radical (unpaired) electrons. The molecule has 1 amide bonds. The van der Waals surface area contributed by atoms with E-state index in [0.717, 1.165) is 5.56 Å². The Labute approximate surface area is 88.7 Å². The van der Waals surface area contributed by atoms with Gasteiger partial charge in [0.2, 0.25) is 5.91 Å². The number of nitrogens with one attached hydrogen (secondary N) is 1. The van der Waals surface area contributed by atoms with Gasteiger partial charge in [-0.15, -0.1) is 0 Å². The van der Waals surface area contributed by atoms with E-state index >= 15 is 0 Å². The van der Waals surface area contributed by atoms with E-state index < -0.39 is 0 Å². The van der Waals surface area contributed by atoms with Crippen LogP contribution in [0, 0.1) is 11.3 Å². The largest absolute Gasteiger partial charge is 0.342 e. The van der Waals surface area contributed by atoms with Crippen molar-refractivity contribution in [2.75, 3.05) is 13.1 Å². The van der Waals surface area contributed by atoms with Crippen LogP contribution in [0.5, 0.6) is 0 Å². The van der Waals surface area contributed by atoms with Gasteiger partial charge < -0.3 is 11.1 Å². The molecule has 1 atom stereocenters. The van der Waals surface area contributed by atoms with Crippen LogP contribution >= 0.6 is 0 Å². The van der Waals surface area contributed by atoms with Crippen molar-refractivity contribution >= 4 is 5.91 Å². The predicted molar refractivity (Wildman–Crippen MR) is 56.9 cm³/mol. The Morgan fingerprint density at radius 2 is 2.13 bits per heavy atom. The Kier molecular flexibility index (Phi) is 4.32. The van der Waals surface area contributed by atoms with Crippen LogP contribution in [0.2, 0.25) is 0 Å². The van der Waals surface area contributed by atoms with Crippen LogP contribution in [-0.4, -0.2) is 19.0 Å². The Bertz CT molecular complexity index is 356. The van der Waals surface area contributed by atoms with Crippen LogP contribution in [0.1, 0.15) is 11.5 Å². The number of carbonyl (C=O) groups excluding carboxylic acids is 1. The molecule has 4 nitrogen and oxygen atoms in total. The number of benzene rings is 1. The van der Waals surface area contributed by atoms with Crippen LogP contribution in [0.25, 0.3) is 0 Å². The van der Waals surface area contributed by atoms with Crippen molar-refractivity contribution in [3.05, 3.63) is 35.9 Å². The van der Waals surface area contributed by atoms with Crippen LogP contribution < -0.4 is 11.1 Å². The molecule has 0 aliphatic heterocycles. The van der Waals surface area contributed by atoms with Crippen molar-refractivity contribution in [1.82, 2.24) is 5.32 Å². The molecule has 0 aliphatic rings. The lowest BCUT2D eigenvalue weighted by molar-refractivity contribution is -0.122. The molecule has 0 saturated heterocycles. The quantitative estimate of drug-likeness (QED) is 0.694. The van der Waals surface area contributed by atoms with E-state index in [1.807, 2.05) is 36.4 Å². The van der Waals surface area contributed by atoms with Crippen LogP contribution in [-0.2, 0) is 4.79 Å². The summed E-state index contributed by atoms with van der Waals surface area (Å²) in [5, 5.41) is 10.8. The van der Waals surface area contributed by atoms with Gasteiger partial charge in [0.25, 0.3) is 0 Å². The zero-order valence-corrected chi connectivity index (χ0v) is 8.31. The third-order valence-electron chi connectivity index (χ3n) is 2.10. The number of rotatable bonds is 4. The van der Waals surface area contributed by atoms with Gasteiger partial charge in [0.05, 0.1) is 12.0 Å². The van der Waals surface area contributed by atoms with Gasteiger partial charge in [-0.2, -0.15) is 5.26 Å². The van der Waals surface area contributed by atoms with Crippen LogP contribution in [0.4, 0.5) is 0 Å². The van der Waals surface area contributed by atoms with Gasteiger partial charge >= 0.3 is 0 Å². The van der Waals surface area contributed by atoms with Gasteiger partial charge in [-0.05, 0) is 5.56 Å². The lowest BCUT2D eigenvalue weighted by atomic mass is 9.98. The molecule has 0 aliphatic carbocycles. The highest BCUT2D eigenvalue weighted by Gasteiger charge is 2.17. The summed E-state index contributed by atoms with van der Waals surface area (Å²) in [7, 11) is 0. The maximum atomic E-state index is 11.6. The van der Waals surface area contributed by atoms with Gasteiger partial charge in [-0.25, -0.2) is 0 Å². The Balaban J connectivity index is 2.72. The first-order chi connectivity index (χ1) is 7.29. The molecule has 0 aromatic heterocycles. The first-order valence-corrected chi connectivity index (χ1v) is 4.69. The Morgan fingerprint density at radius 1 is 1.47 bits per heavy atom. The van der Waals surface area contributed by atoms with E-state index in [1.165, 1.54) is 0 Å². The monoisotopic (exact) mass is 203 g/mol. The van der Waals surface area contributed by atoms with E-state index in [4.69, 9.17) is 11.0 Å². The second-order valence-corrected chi connectivity index (χ2v) is 3.07. The van der Waals surface area contributed by atoms with Crippen molar-refractivity contribution in [3.8, 4) is 6.07 Å². The lowest BCUT2D eigenvalue weighted by Crippen LogP contribution is -2.33. The Morgan fingerprint density at radius 3 is 2.67 bits per heavy atom. The van der Waals surface area contributed by atoms with Crippen molar-refractivity contribution in [1.29, 1.82) is 5.26 Å². The first kappa shape index (κ1) is 11.2. The second-order valence-electron chi connectivity index (χ2n) is 3.07. The summed E-state index contributed by atoms with van der Waals surface area (Å²) in [6, 6.07) is 11.2. The van der Waals surface area contributed by atoms with E-state index in [2.05, 4.69) is 5.32 Å². The molecular formula is C11H13N3O. The highest BCUT2D eigenvalue weighted by molar-refractivity contribution is 5.84. The van der Waals surface area contributed by atoms with Crippen molar-refractivity contribution in [2.24, 2.45) is 5.73 Å². The molecule has 0 spiro atoms. The molecule has 1 unspecified atom stereocenters. The highest BCUT2D eigenvalue weighted by Crippen LogP contribution is 2.13. The topological polar surface area (TPSA) is 78.9 Å². The average Bonchev–Trinajstić information content (AvgIpc) is 2.29. The number of nitrogens with zero attached hydrogens (tertiary/aromatic N) is 1. The maximum absolute atomic E-state index is 11.6. The SMILES string of the molecule is N#CCNC(=O)C(CN)c1ccccc1. The van der Waals surface area contributed by atoms with Gasteiger partial charge in [-0.3, -0.25) is 4.79 Å². The zero-order valence-electron chi connectivity index (χ0n) is 8.31. The van der Waals surface area contributed by atoms with E-state index in [0.29, 0.717) is 0 Å². The third-order valence-corrected chi connectivity index (χ3v) is 2.10. The van der Waals surface area contributed by atoms with Crippen LogP contribution in [0.3, 0.4) is 0 Å². The average molecular weight is 203 g/mol. The fourth-order valence-corrected chi connectivity index (χ4v) is 1.33. The van der Waals surface area contributed by atoms with E-state index in [-0.39, 0.29) is 24.9 Å². The molecule has 1 rings (SSSR count). The number of nitriles is 1. The van der Waals surface area contributed by atoms with E-state index in [9.17, 15) is 4.79 Å². The number of hydrogen-bond acceptors (Lipinski definition) is 3. The van der Waals surface area contributed by atoms with Crippen molar-refractivity contribution < 1.29 is 4.79 Å². The highest BCUT2D eigenvalue weighted by atomic mass is 16.1. The lowest BCUT2D eigenvalue weighted by Gasteiger charge is -2.13. The van der Waals surface area contributed by atoms with Gasteiger partial charge in [0.15, 0.2) is 0 Å². The fraction of sp³-hybridized carbons (Fsp3) is 0.273. The molecule has 0 saturated carbocycles. The van der Waals surface area contributed by atoms with Gasteiger partial charge in [0, 0.05) is 6.54 Å². The summed E-state index contributed by atoms with van der Waals surface area (Å²) >= 11 is 0. The maximum Gasteiger partial charge on any atom is 0.229 e.